The van der Waals surface area contributed by atoms with E-state index in [1.165, 1.54) is 0 Å². The Morgan fingerprint density at radius 1 is 1.31 bits per heavy atom. The van der Waals surface area contributed by atoms with Gasteiger partial charge in [0, 0.05) is 0 Å². The molecule has 92 valence electrons. The SMILES string of the molecule is O=C(O)CC1(CS(=O)(=O)CCC2CC2)CC1. The van der Waals surface area contributed by atoms with Crippen molar-refractivity contribution in [3.63, 3.8) is 0 Å². The maximum absolute atomic E-state index is 11.8. The Morgan fingerprint density at radius 2 is 1.94 bits per heavy atom. The van der Waals surface area contributed by atoms with Crippen molar-refractivity contribution >= 4 is 15.8 Å². The van der Waals surface area contributed by atoms with Crippen LogP contribution in [0.5, 0.6) is 0 Å². The van der Waals surface area contributed by atoms with E-state index in [2.05, 4.69) is 0 Å². The average Bonchev–Trinajstić information content (AvgIpc) is 2.96. The van der Waals surface area contributed by atoms with E-state index in [9.17, 15) is 13.2 Å². The van der Waals surface area contributed by atoms with Gasteiger partial charge >= 0.3 is 5.97 Å². The molecule has 0 spiro atoms. The van der Waals surface area contributed by atoms with Crippen LogP contribution in [0.25, 0.3) is 0 Å². The third kappa shape index (κ3) is 3.47. The normalized spacial score (nSPS) is 23.0. The zero-order valence-electron chi connectivity index (χ0n) is 9.31. The van der Waals surface area contributed by atoms with Gasteiger partial charge in [-0.25, -0.2) is 8.42 Å². The molecule has 0 aromatic carbocycles. The molecule has 0 radical (unpaired) electrons. The first-order chi connectivity index (χ1) is 7.41. The molecule has 5 heteroatoms. The number of carbonyl (C=O) groups is 1. The standard InChI is InChI=1S/C11H18O4S/c12-10(13)7-11(4-5-11)8-16(14,15)6-3-9-1-2-9/h9H,1-8H2,(H,12,13). The van der Waals surface area contributed by atoms with Crippen molar-refractivity contribution in [3.8, 4) is 0 Å². The van der Waals surface area contributed by atoms with E-state index in [4.69, 9.17) is 5.11 Å². The van der Waals surface area contributed by atoms with E-state index in [1.54, 1.807) is 0 Å². The van der Waals surface area contributed by atoms with Gasteiger partial charge in [0.05, 0.1) is 17.9 Å². The molecule has 0 bridgehead atoms. The van der Waals surface area contributed by atoms with Crippen LogP contribution in [0.3, 0.4) is 0 Å². The number of rotatable bonds is 7. The van der Waals surface area contributed by atoms with E-state index < -0.39 is 21.2 Å². The molecule has 0 saturated heterocycles. The molecule has 0 aliphatic heterocycles. The van der Waals surface area contributed by atoms with Gasteiger partial charge in [0.2, 0.25) is 0 Å². The molecule has 2 aliphatic rings. The van der Waals surface area contributed by atoms with Gasteiger partial charge in [0.25, 0.3) is 0 Å². The van der Waals surface area contributed by atoms with Gasteiger partial charge in [-0.05, 0) is 30.6 Å². The summed E-state index contributed by atoms with van der Waals surface area (Å²) in [6.45, 7) is 0. The molecule has 2 saturated carbocycles. The summed E-state index contributed by atoms with van der Waals surface area (Å²) in [6, 6.07) is 0. The highest BCUT2D eigenvalue weighted by Gasteiger charge is 2.47. The molecule has 2 fully saturated rings. The Labute approximate surface area is 96.0 Å². The molecule has 2 rings (SSSR count). The molecule has 0 heterocycles. The van der Waals surface area contributed by atoms with Gasteiger partial charge < -0.3 is 5.11 Å². The van der Waals surface area contributed by atoms with Gasteiger partial charge in [0.1, 0.15) is 0 Å². The fraction of sp³-hybridized carbons (Fsp3) is 0.909. The Balaban J connectivity index is 1.84. The molecule has 0 aromatic heterocycles. The topological polar surface area (TPSA) is 71.4 Å². The zero-order valence-corrected chi connectivity index (χ0v) is 10.1. The minimum Gasteiger partial charge on any atom is -0.481 e. The van der Waals surface area contributed by atoms with Crippen LogP contribution in [0.15, 0.2) is 0 Å². The van der Waals surface area contributed by atoms with Gasteiger partial charge in [0.15, 0.2) is 9.84 Å². The lowest BCUT2D eigenvalue weighted by atomic mass is 10.1. The molecule has 0 atom stereocenters. The largest absolute Gasteiger partial charge is 0.481 e. The fourth-order valence-electron chi connectivity index (χ4n) is 2.16. The maximum Gasteiger partial charge on any atom is 0.303 e. The molecule has 16 heavy (non-hydrogen) atoms. The lowest BCUT2D eigenvalue weighted by molar-refractivity contribution is -0.138. The summed E-state index contributed by atoms with van der Waals surface area (Å²) in [5, 5.41) is 8.72. The van der Waals surface area contributed by atoms with Crippen molar-refractivity contribution in [2.24, 2.45) is 11.3 Å². The first-order valence-corrected chi connectivity index (χ1v) is 7.65. The highest BCUT2D eigenvalue weighted by Crippen LogP contribution is 2.50. The second-order valence-electron chi connectivity index (χ2n) is 5.39. The van der Waals surface area contributed by atoms with Crippen LogP contribution in [-0.4, -0.2) is 31.0 Å². The fourth-order valence-corrected chi connectivity index (χ4v) is 4.32. The lowest BCUT2D eigenvalue weighted by Gasteiger charge is -2.12. The first-order valence-electron chi connectivity index (χ1n) is 5.83. The zero-order chi connectivity index (χ0) is 11.8. The minimum absolute atomic E-state index is 0.00958. The van der Waals surface area contributed by atoms with Crippen molar-refractivity contribution in [1.29, 1.82) is 0 Å². The Kier molecular flexibility index (Phi) is 2.99. The number of hydrogen-bond acceptors (Lipinski definition) is 3. The van der Waals surface area contributed by atoms with Gasteiger partial charge in [-0.15, -0.1) is 0 Å². The molecule has 0 aromatic rings. The average molecular weight is 246 g/mol. The second-order valence-corrected chi connectivity index (χ2v) is 7.58. The summed E-state index contributed by atoms with van der Waals surface area (Å²) in [4.78, 5) is 10.6. The van der Waals surface area contributed by atoms with E-state index in [0.29, 0.717) is 5.92 Å². The van der Waals surface area contributed by atoms with E-state index in [1.807, 2.05) is 0 Å². The molecule has 0 unspecified atom stereocenters. The number of carboxylic acids is 1. The van der Waals surface area contributed by atoms with Gasteiger partial charge in [-0.3, -0.25) is 4.79 Å². The summed E-state index contributed by atoms with van der Waals surface area (Å²) >= 11 is 0. The van der Waals surface area contributed by atoms with E-state index in [0.717, 1.165) is 32.1 Å². The Hall–Kier alpha value is -0.580. The van der Waals surface area contributed by atoms with E-state index >= 15 is 0 Å². The number of aliphatic carboxylic acids is 1. The van der Waals surface area contributed by atoms with Crippen LogP contribution in [0.1, 0.15) is 38.5 Å². The minimum atomic E-state index is -3.04. The maximum atomic E-state index is 11.8. The highest BCUT2D eigenvalue weighted by molar-refractivity contribution is 7.91. The molecule has 0 amide bonds. The monoisotopic (exact) mass is 246 g/mol. The smallest absolute Gasteiger partial charge is 0.303 e. The van der Waals surface area contributed by atoms with Crippen LogP contribution in [0, 0.1) is 11.3 Å². The van der Waals surface area contributed by atoms with Crippen LogP contribution < -0.4 is 0 Å². The van der Waals surface area contributed by atoms with Crippen LogP contribution in [0.4, 0.5) is 0 Å². The summed E-state index contributed by atoms with van der Waals surface area (Å²) in [7, 11) is -3.04. The van der Waals surface area contributed by atoms with Crippen molar-refractivity contribution in [2.75, 3.05) is 11.5 Å². The van der Waals surface area contributed by atoms with Crippen LogP contribution >= 0.6 is 0 Å². The van der Waals surface area contributed by atoms with Crippen molar-refractivity contribution < 1.29 is 18.3 Å². The van der Waals surface area contributed by atoms with Crippen LogP contribution in [-0.2, 0) is 14.6 Å². The molecule has 2 aliphatic carbocycles. The lowest BCUT2D eigenvalue weighted by Crippen LogP contribution is -2.22. The predicted molar refractivity (Wildman–Crippen MR) is 59.9 cm³/mol. The van der Waals surface area contributed by atoms with Crippen LogP contribution in [0.2, 0.25) is 0 Å². The molecular weight excluding hydrogens is 228 g/mol. The molecule has 4 nitrogen and oxygen atoms in total. The summed E-state index contributed by atoms with van der Waals surface area (Å²) < 4.78 is 23.6. The van der Waals surface area contributed by atoms with Crippen molar-refractivity contribution in [3.05, 3.63) is 0 Å². The number of hydrogen-bond donors (Lipinski definition) is 1. The quantitative estimate of drug-likeness (QED) is 0.738. The molecular formula is C11H18O4S. The number of carboxylic acid groups (broad SMARTS) is 1. The van der Waals surface area contributed by atoms with Gasteiger partial charge in [-0.1, -0.05) is 12.8 Å². The third-order valence-electron chi connectivity index (χ3n) is 3.54. The summed E-state index contributed by atoms with van der Waals surface area (Å²) in [5.74, 6) is 0.0669. The van der Waals surface area contributed by atoms with Crippen molar-refractivity contribution in [2.45, 2.75) is 38.5 Å². The number of sulfone groups is 1. The second kappa shape index (κ2) is 4.02. The predicted octanol–water partition coefficient (Wildman–Crippen LogP) is 1.46. The first kappa shape index (κ1) is 11.9. The summed E-state index contributed by atoms with van der Waals surface area (Å²) in [5.41, 5.74) is -0.422. The van der Waals surface area contributed by atoms with Gasteiger partial charge in [-0.2, -0.15) is 0 Å². The molecule has 1 N–H and O–H groups in total. The van der Waals surface area contributed by atoms with E-state index in [-0.39, 0.29) is 17.9 Å². The third-order valence-corrected chi connectivity index (χ3v) is 5.45. The Bertz CT molecular complexity index is 377. The highest BCUT2D eigenvalue weighted by atomic mass is 32.2. The summed E-state index contributed by atoms with van der Waals surface area (Å²) in [6.07, 6.45) is 4.61. The Morgan fingerprint density at radius 3 is 2.38 bits per heavy atom. The van der Waals surface area contributed by atoms with Crippen molar-refractivity contribution in [1.82, 2.24) is 0 Å².